The van der Waals surface area contributed by atoms with Crippen LogP contribution in [0.25, 0.3) is 0 Å². The Hall–Kier alpha value is 0. The van der Waals surface area contributed by atoms with Gasteiger partial charge in [0.1, 0.15) is 0 Å². The molecule has 0 radical (unpaired) electrons. The lowest BCUT2D eigenvalue weighted by Crippen LogP contribution is -2.25. The van der Waals surface area contributed by atoms with Crippen molar-refractivity contribution in [2.24, 2.45) is 29.6 Å². The van der Waals surface area contributed by atoms with Crippen LogP contribution in [0.15, 0.2) is 0 Å². The van der Waals surface area contributed by atoms with Crippen LogP contribution in [0, 0.1) is 29.6 Å². The van der Waals surface area contributed by atoms with Gasteiger partial charge in [-0.1, -0.05) is 34.6 Å². The van der Waals surface area contributed by atoms with Crippen molar-refractivity contribution in [3.8, 4) is 0 Å². The zero-order valence-corrected chi connectivity index (χ0v) is 10.7. The van der Waals surface area contributed by atoms with E-state index in [1.165, 1.54) is 25.7 Å². The van der Waals surface area contributed by atoms with Crippen molar-refractivity contribution in [1.29, 1.82) is 0 Å². The maximum atomic E-state index is 2.47. The van der Waals surface area contributed by atoms with Gasteiger partial charge in [0.05, 0.1) is 0 Å². The van der Waals surface area contributed by atoms with E-state index in [2.05, 4.69) is 34.6 Å². The zero-order valence-electron chi connectivity index (χ0n) is 10.7. The average molecular weight is 196 g/mol. The topological polar surface area (TPSA) is 0 Å². The normalized spacial score (nSPS) is 36.0. The summed E-state index contributed by atoms with van der Waals surface area (Å²) in [6.45, 7) is 12.0. The molecule has 0 nitrogen and oxygen atoms in total. The van der Waals surface area contributed by atoms with Crippen molar-refractivity contribution in [2.45, 2.75) is 60.3 Å². The van der Waals surface area contributed by atoms with Crippen LogP contribution in [0.3, 0.4) is 0 Å². The van der Waals surface area contributed by atoms with Crippen molar-refractivity contribution in [1.82, 2.24) is 0 Å². The molecule has 0 aromatic heterocycles. The van der Waals surface area contributed by atoms with Crippen molar-refractivity contribution in [3.63, 3.8) is 0 Å². The van der Waals surface area contributed by atoms with Gasteiger partial charge in [-0.2, -0.15) is 0 Å². The standard InChI is InChI=1S/C14H28/c1-10(2)6-13(5)14-8-11(3)7-12(4)9-14/h10-14H,6-9H2,1-5H3. The zero-order chi connectivity index (χ0) is 10.7. The van der Waals surface area contributed by atoms with Crippen molar-refractivity contribution >= 4 is 0 Å². The first kappa shape index (κ1) is 12.1. The predicted octanol–water partition coefficient (Wildman–Crippen LogP) is 4.74. The molecule has 1 aliphatic rings. The Labute approximate surface area is 90.5 Å². The Morgan fingerprint density at radius 2 is 1.43 bits per heavy atom. The predicted molar refractivity (Wildman–Crippen MR) is 64.3 cm³/mol. The monoisotopic (exact) mass is 196 g/mol. The quantitative estimate of drug-likeness (QED) is 0.611. The highest BCUT2D eigenvalue weighted by molar-refractivity contribution is 4.78. The Morgan fingerprint density at radius 3 is 1.86 bits per heavy atom. The van der Waals surface area contributed by atoms with Gasteiger partial charge < -0.3 is 0 Å². The third-order valence-corrected chi connectivity index (χ3v) is 3.86. The fraction of sp³-hybridized carbons (Fsp3) is 1.00. The molecule has 0 bridgehead atoms. The van der Waals surface area contributed by atoms with Gasteiger partial charge in [0.25, 0.3) is 0 Å². The van der Waals surface area contributed by atoms with Crippen LogP contribution < -0.4 is 0 Å². The Morgan fingerprint density at radius 1 is 0.929 bits per heavy atom. The summed E-state index contributed by atoms with van der Waals surface area (Å²) in [7, 11) is 0. The van der Waals surface area contributed by atoms with Crippen LogP contribution in [0.5, 0.6) is 0 Å². The van der Waals surface area contributed by atoms with Gasteiger partial charge in [0.15, 0.2) is 0 Å². The third kappa shape index (κ3) is 3.63. The summed E-state index contributed by atoms with van der Waals surface area (Å²) < 4.78 is 0. The molecular weight excluding hydrogens is 168 g/mol. The Bertz CT molecular complexity index is 149. The summed E-state index contributed by atoms with van der Waals surface area (Å²) >= 11 is 0. The Balaban J connectivity index is 2.42. The lowest BCUT2D eigenvalue weighted by molar-refractivity contribution is 0.155. The molecule has 1 rings (SSSR count). The Kier molecular flexibility index (Phi) is 4.47. The largest absolute Gasteiger partial charge is 0.0628 e. The van der Waals surface area contributed by atoms with E-state index in [1.54, 1.807) is 0 Å². The molecule has 0 aliphatic heterocycles. The van der Waals surface area contributed by atoms with E-state index in [4.69, 9.17) is 0 Å². The van der Waals surface area contributed by atoms with E-state index in [9.17, 15) is 0 Å². The number of hydrogen-bond acceptors (Lipinski definition) is 0. The van der Waals surface area contributed by atoms with Gasteiger partial charge in [-0.05, 0) is 55.3 Å². The van der Waals surface area contributed by atoms with Gasteiger partial charge in [0.2, 0.25) is 0 Å². The maximum absolute atomic E-state index is 2.47. The first-order chi connectivity index (χ1) is 6.49. The summed E-state index contributed by atoms with van der Waals surface area (Å²) in [5.74, 6) is 4.77. The van der Waals surface area contributed by atoms with Gasteiger partial charge >= 0.3 is 0 Å². The molecule has 1 fully saturated rings. The molecule has 0 aromatic rings. The van der Waals surface area contributed by atoms with Crippen LogP contribution in [-0.4, -0.2) is 0 Å². The van der Waals surface area contributed by atoms with E-state index < -0.39 is 0 Å². The summed E-state index contributed by atoms with van der Waals surface area (Å²) in [6.07, 6.45) is 5.85. The molecule has 14 heavy (non-hydrogen) atoms. The molecule has 3 atom stereocenters. The van der Waals surface area contributed by atoms with Gasteiger partial charge in [-0.15, -0.1) is 0 Å². The molecule has 1 aliphatic carbocycles. The van der Waals surface area contributed by atoms with Crippen molar-refractivity contribution < 1.29 is 0 Å². The van der Waals surface area contributed by atoms with Crippen LogP contribution in [0.1, 0.15) is 60.3 Å². The summed E-state index contributed by atoms with van der Waals surface area (Å²) in [4.78, 5) is 0. The second-order valence-corrected chi connectivity index (χ2v) is 6.28. The molecule has 0 heteroatoms. The smallest absolute Gasteiger partial charge is 0.0383 e. The first-order valence-corrected chi connectivity index (χ1v) is 6.49. The molecule has 0 N–H and O–H groups in total. The van der Waals surface area contributed by atoms with E-state index in [0.29, 0.717) is 0 Å². The molecule has 0 aromatic carbocycles. The van der Waals surface area contributed by atoms with Crippen LogP contribution in [-0.2, 0) is 0 Å². The second kappa shape index (κ2) is 5.19. The molecule has 0 spiro atoms. The SMILES string of the molecule is CC(C)CC(C)C1CC(C)CC(C)C1. The fourth-order valence-corrected chi connectivity index (χ4v) is 3.41. The highest BCUT2D eigenvalue weighted by Gasteiger charge is 2.27. The second-order valence-electron chi connectivity index (χ2n) is 6.28. The van der Waals surface area contributed by atoms with Crippen molar-refractivity contribution in [2.75, 3.05) is 0 Å². The van der Waals surface area contributed by atoms with Gasteiger partial charge in [-0.3, -0.25) is 0 Å². The summed E-state index contributed by atoms with van der Waals surface area (Å²) in [5, 5.41) is 0. The molecule has 3 unspecified atom stereocenters. The molecule has 0 heterocycles. The summed E-state index contributed by atoms with van der Waals surface area (Å²) in [6, 6.07) is 0. The minimum absolute atomic E-state index is 0.873. The highest BCUT2D eigenvalue weighted by Crippen LogP contribution is 2.38. The molecule has 0 saturated heterocycles. The summed E-state index contributed by atoms with van der Waals surface area (Å²) in [5.41, 5.74) is 0. The lowest BCUT2D eigenvalue weighted by Gasteiger charge is -2.35. The van der Waals surface area contributed by atoms with Crippen molar-refractivity contribution in [3.05, 3.63) is 0 Å². The van der Waals surface area contributed by atoms with Crippen LogP contribution in [0.2, 0.25) is 0 Å². The molecule has 1 saturated carbocycles. The minimum atomic E-state index is 0.873. The first-order valence-electron chi connectivity index (χ1n) is 6.49. The molecule has 84 valence electrons. The third-order valence-electron chi connectivity index (χ3n) is 3.86. The van der Waals surface area contributed by atoms with Crippen LogP contribution >= 0.6 is 0 Å². The van der Waals surface area contributed by atoms with E-state index in [1.807, 2.05) is 0 Å². The number of rotatable bonds is 3. The maximum Gasteiger partial charge on any atom is -0.0383 e. The fourth-order valence-electron chi connectivity index (χ4n) is 3.41. The molecule has 0 amide bonds. The van der Waals surface area contributed by atoms with E-state index in [0.717, 1.165) is 29.6 Å². The van der Waals surface area contributed by atoms with E-state index >= 15 is 0 Å². The highest BCUT2D eigenvalue weighted by atomic mass is 14.3. The molecular formula is C14H28. The van der Waals surface area contributed by atoms with Gasteiger partial charge in [-0.25, -0.2) is 0 Å². The van der Waals surface area contributed by atoms with E-state index in [-0.39, 0.29) is 0 Å². The van der Waals surface area contributed by atoms with Gasteiger partial charge in [0, 0.05) is 0 Å². The average Bonchev–Trinajstić information content (AvgIpc) is 2.00. The minimum Gasteiger partial charge on any atom is -0.0628 e. The number of hydrogen-bond donors (Lipinski definition) is 0. The van der Waals surface area contributed by atoms with Crippen LogP contribution in [0.4, 0.5) is 0 Å². The lowest BCUT2D eigenvalue weighted by atomic mass is 9.70.